The van der Waals surface area contributed by atoms with Gasteiger partial charge in [0.25, 0.3) is 5.91 Å². The number of pyridine rings is 1. The molecule has 0 aliphatic carbocycles. The molecule has 0 bridgehead atoms. The first kappa shape index (κ1) is 19.5. The summed E-state index contributed by atoms with van der Waals surface area (Å²) < 4.78 is 20.0. The third-order valence-electron chi connectivity index (χ3n) is 4.25. The Morgan fingerprint density at radius 3 is 2.54 bits per heavy atom. The number of carbonyl (C=O) groups is 1. The Morgan fingerprint density at radius 2 is 1.86 bits per heavy atom. The van der Waals surface area contributed by atoms with Crippen LogP contribution in [0.25, 0.3) is 0 Å². The van der Waals surface area contributed by atoms with E-state index < -0.39 is 11.7 Å². The minimum absolute atomic E-state index is 0.0383. The van der Waals surface area contributed by atoms with E-state index in [-0.39, 0.29) is 5.56 Å². The summed E-state index contributed by atoms with van der Waals surface area (Å²) in [7, 11) is 1.62. The Bertz CT molecular complexity index is 930. The van der Waals surface area contributed by atoms with Gasteiger partial charge in [0.1, 0.15) is 17.3 Å². The van der Waals surface area contributed by atoms with Gasteiger partial charge in [0.05, 0.1) is 5.56 Å². The van der Waals surface area contributed by atoms with Gasteiger partial charge in [-0.2, -0.15) is 0 Å². The van der Waals surface area contributed by atoms with E-state index in [0.717, 1.165) is 17.5 Å². The molecule has 0 atom stereocenters. The number of nitrogens with two attached hydrogens (primary N) is 1. The fraction of sp³-hybridized carbons (Fsp3) is 0.182. The van der Waals surface area contributed by atoms with E-state index >= 15 is 0 Å². The van der Waals surface area contributed by atoms with Gasteiger partial charge in [0, 0.05) is 26.0 Å². The van der Waals surface area contributed by atoms with Crippen LogP contribution in [0, 0.1) is 5.82 Å². The van der Waals surface area contributed by atoms with Crippen molar-refractivity contribution in [2.75, 3.05) is 13.6 Å². The van der Waals surface area contributed by atoms with Crippen molar-refractivity contribution in [1.29, 1.82) is 0 Å². The summed E-state index contributed by atoms with van der Waals surface area (Å²) in [5, 5.41) is 0. The van der Waals surface area contributed by atoms with Crippen LogP contribution in [-0.2, 0) is 13.0 Å². The van der Waals surface area contributed by atoms with Crippen LogP contribution < -0.4 is 10.5 Å². The maximum absolute atomic E-state index is 14.3. The van der Waals surface area contributed by atoms with Crippen molar-refractivity contribution in [3.05, 3.63) is 89.5 Å². The monoisotopic (exact) mass is 379 g/mol. The number of nitrogens with zero attached hydrogens (tertiary/aromatic N) is 2. The summed E-state index contributed by atoms with van der Waals surface area (Å²) >= 11 is 0. The van der Waals surface area contributed by atoms with E-state index in [1.165, 1.54) is 23.1 Å². The lowest BCUT2D eigenvalue weighted by Crippen LogP contribution is -2.27. The lowest BCUT2D eigenvalue weighted by Gasteiger charge is -2.18. The number of halogens is 1. The van der Waals surface area contributed by atoms with Gasteiger partial charge in [0.2, 0.25) is 0 Å². The zero-order valence-electron chi connectivity index (χ0n) is 15.6. The van der Waals surface area contributed by atoms with E-state index in [9.17, 15) is 9.18 Å². The molecule has 28 heavy (non-hydrogen) atoms. The van der Waals surface area contributed by atoms with Crippen LogP contribution in [0.1, 0.15) is 21.5 Å². The lowest BCUT2D eigenvalue weighted by atomic mass is 10.1. The highest BCUT2D eigenvalue weighted by Gasteiger charge is 2.18. The normalized spacial score (nSPS) is 10.5. The SMILES string of the molecule is CN(Cc1cccnc1)C(=O)c1cc(Oc2ccc(CCN)cc2)ccc1F. The summed E-state index contributed by atoms with van der Waals surface area (Å²) in [6.45, 7) is 0.913. The fourth-order valence-corrected chi connectivity index (χ4v) is 2.80. The van der Waals surface area contributed by atoms with E-state index in [2.05, 4.69) is 4.98 Å². The number of carbonyl (C=O) groups excluding carboxylic acids is 1. The molecular formula is C22H22FN3O2. The second-order valence-electron chi connectivity index (χ2n) is 6.45. The summed E-state index contributed by atoms with van der Waals surface area (Å²) in [4.78, 5) is 18.2. The fourth-order valence-electron chi connectivity index (χ4n) is 2.80. The molecule has 6 heteroatoms. The van der Waals surface area contributed by atoms with Gasteiger partial charge < -0.3 is 15.4 Å². The minimum Gasteiger partial charge on any atom is -0.457 e. The van der Waals surface area contributed by atoms with Crippen LogP contribution >= 0.6 is 0 Å². The number of aromatic nitrogens is 1. The molecule has 1 amide bonds. The smallest absolute Gasteiger partial charge is 0.257 e. The molecule has 2 N–H and O–H groups in total. The molecule has 144 valence electrons. The number of amides is 1. The first-order valence-corrected chi connectivity index (χ1v) is 8.97. The Kier molecular flexibility index (Phi) is 6.34. The average Bonchev–Trinajstić information content (AvgIpc) is 2.71. The summed E-state index contributed by atoms with van der Waals surface area (Å²) in [5.74, 6) is -0.0145. The maximum Gasteiger partial charge on any atom is 0.257 e. The van der Waals surface area contributed by atoms with Crippen molar-refractivity contribution in [2.45, 2.75) is 13.0 Å². The maximum atomic E-state index is 14.3. The first-order valence-electron chi connectivity index (χ1n) is 8.97. The number of hydrogen-bond acceptors (Lipinski definition) is 4. The van der Waals surface area contributed by atoms with Gasteiger partial charge in [-0.3, -0.25) is 9.78 Å². The van der Waals surface area contributed by atoms with Crippen molar-refractivity contribution in [2.24, 2.45) is 5.73 Å². The van der Waals surface area contributed by atoms with Gasteiger partial charge in [-0.05, 0) is 60.5 Å². The molecule has 3 aromatic rings. The molecule has 5 nitrogen and oxygen atoms in total. The first-order chi connectivity index (χ1) is 13.6. The molecule has 1 aromatic heterocycles. The third kappa shape index (κ3) is 4.92. The quantitative estimate of drug-likeness (QED) is 0.678. The highest BCUT2D eigenvalue weighted by Crippen LogP contribution is 2.25. The highest BCUT2D eigenvalue weighted by atomic mass is 19.1. The Labute approximate surface area is 163 Å². The minimum atomic E-state index is -0.589. The van der Waals surface area contributed by atoms with Gasteiger partial charge in [0.15, 0.2) is 0 Å². The van der Waals surface area contributed by atoms with E-state index in [1.54, 1.807) is 25.5 Å². The third-order valence-corrected chi connectivity index (χ3v) is 4.25. The molecule has 0 spiro atoms. The molecule has 3 rings (SSSR count). The molecule has 0 radical (unpaired) electrons. The predicted octanol–water partition coefficient (Wildman–Crippen LogP) is 3.79. The molecular weight excluding hydrogens is 357 g/mol. The summed E-state index contributed by atoms with van der Waals surface area (Å²) in [5.41, 5.74) is 7.49. The van der Waals surface area contributed by atoms with Crippen LogP contribution in [-0.4, -0.2) is 29.4 Å². The standard InChI is InChI=1S/C22H22FN3O2/c1-26(15-17-3-2-12-25-14-17)22(27)20-13-19(8-9-21(20)23)28-18-6-4-16(5-7-18)10-11-24/h2-9,12-14H,10-11,15,24H2,1H3. The zero-order chi connectivity index (χ0) is 19.9. The molecule has 0 aliphatic heterocycles. The molecule has 0 aliphatic rings. The van der Waals surface area contributed by atoms with Crippen molar-refractivity contribution in [3.63, 3.8) is 0 Å². The topological polar surface area (TPSA) is 68.5 Å². The van der Waals surface area contributed by atoms with Crippen LogP contribution in [0.4, 0.5) is 4.39 Å². The van der Waals surface area contributed by atoms with Crippen molar-refractivity contribution >= 4 is 5.91 Å². The molecule has 0 unspecified atom stereocenters. The number of hydrogen-bond donors (Lipinski definition) is 1. The molecule has 0 saturated carbocycles. The van der Waals surface area contributed by atoms with E-state index in [1.807, 2.05) is 30.3 Å². The number of rotatable bonds is 7. The largest absolute Gasteiger partial charge is 0.457 e. The lowest BCUT2D eigenvalue weighted by molar-refractivity contribution is 0.0780. The van der Waals surface area contributed by atoms with Crippen LogP contribution in [0.15, 0.2) is 67.0 Å². The molecule has 1 heterocycles. The van der Waals surface area contributed by atoms with Crippen molar-refractivity contribution in [3.8, 4) is 11.5 Å². The van der Waals surface area contributed by atoms with Gasteiger partial charge in [-0.25, -0.2) is 4.39 Å². The number of benzene rings is 2. The van der Waals surface area contributed by atoms with E-state index in [0.29, 0.717) is 24.6 Å². The van der Waals surface area contributed by atoms with Crippen molar-refractivity contribution in [1.82, 2.24) is 9.88 Å². The summed E-state index contributed by atoms with van der Waals surface area (Å²) in [6, 6.07) is 15.3. The van der Waals surface area contributed by atoms with Crippen LogP contribution in [0.2, 0.25) is 0 Å². The molecule has 0 saturated heterocycles. The highest BCUT2D eigenvalue weighted by molar-refractivity contribution is 5.94. The van der Waals surface area contributed by atoms with Crippen LogP contribution in [0.5, 0.6) is 11.5 Å². The number of ether oxygens (including phenoxy) is 1. The second-order valence-corrected chi connectivity index (χ2v) is 6.45. The van der Waals surface area contributed by atoms with Gasteiger partial charge in [-0.15, -0.1) is 0 Å². The average molecular weight is 379 g/mol. The Hall–Kier alpha value is -3.25. The van der Waals surface area contributed by atoms with E-state index in [4.69, 9.17) is 10.5 Å². The zero-order valence-corrected chi connectivity index (χ0v) is 15.6. The van der Waals surface area contributed by atoms with Crippen molar-refractivity contribution < 1.29 is 13.9 Å². The molecule has 2 aromatic carbocycles. The summed E-state index contributed by atoms with van der Waals surface area (Å²) in [6.07, 6.45) is 4.13. The molecule has 0 fully saturated rings. The van der Waals surface area contributed by atoms with Crippen LogP contribution in [0.3, 0.4) is 0 Å². The van der Waals surface area contributed by atoms with Gasteiger partial charge >= 0.3 is 0 Å². The Morgan fingerprint density at radius 1 is 1.11 bits per heavy atom. The second kappa shape index (κ2) is 9.10. The Balaban J connectivity index is 1.74. The van der Waals surface area contributed by atoms with Gasteiger partial charge in [-0.1, -0.05) is 18.2 Å². The predicted molar refractivity (Wildman–Crippen MR) is 106 cm³/mol.